The lowest BCUT2D eigenvalue weighted by Gasteiger charge is -2.38. The van der Waals surface area contributed by atoms with Crippen LogP contribution in [-0.2, 0) is 36.8 Å². The van der Waals surface area contributed by atoms with Crippen molar-refractivity contribution in [3.8, 4) is 0 Å². The van der Waals surface area contributed by atoms with Crippen LogP contribution in [0, 0.1) is 11.2 Å². The Morgan fingerprint density at radius 2 is 2.12 bits per heavy atom. The van der Waals surface area contributed by atoms with Gasteiger partial charge in [-0.3, -0.25) is 4.79 Å². The van der Waals surface area contributed by atoms with Gasteiger partial charge in [0.2, 0.25) is 0 Å². The summed E-state index contributed by atoms with van der Waals surface area (Å²) in [6, 6.07) is 5.17. The molecule has 6 heteroatoms. The molecule has 132 valence electrons. The molecule has 1 atom stereocenters. The molecule has 0 bridgehead atoms. The lowest BCUT2D eigenvalue weighted by molar-refractivity contribution is -0.183. The zero-order valence-electron chi connectivity index (χ0n) is 13.9. The van der Waals surface area contributed by atoms with Crippen LogP contribution in [0.3, 0.4) is 0 Å². The summed E-state index contributed by atoms with van der Waals surface area (Å²) in [5.41, 5.74) is 0.179. The number of benzene rings is 1. The summed E-state index contributed by atoms with van der Waals surface area (Å²) >= 11 is 0. The second-order valence-corrected chi connectivity index (χ2v) is 6.44. The average molecular weight is 338 g/mol. The zero-order valence-corrected chi connectivity index (χ0v) is 13.9. The van der Waals surface area contributed by atoms with E-state index in [1.807, 2.05) is 0 Å². The van der Waals surface area contributed by atoms with Crippen LogP contribution in [0.1, 0.15) is 30.4 Å². The van der Waals surface area contributed by atoms with E-state index in [0.717, 1.165) is 19.3 Å². The maximum absolute atomic E-state index is 14.8. The van der Waals surface area contributed by atoms with Crippen LogP contribution in [0.4, 0.5) is 4.39 Å². The maximum Gasteiger partial charge on any atom is 0.316 e. The highest BCUT2D eigenvalue weighted by Gasteiger charge is 2.47. The minimum Gasteiger partial charge on any atom is -0.468 e. The van der Waals surface area contributed by atoms with E-state index in [1.165, 1.54) is 7.11 Å². The molecule has 1 aromatic rings. The third-order valence-corrected chi connectivity index (χ3v) is 4.63. The molecule has 0 amide bonds. The molecule has 24 heavy (non-hydrogen) atoms. The summed E-state index contributed by atoms with van der Waals surface area (Å²) in [6.45, 7) is 1.37. The molecule has 2 heterocycles. The van der Waals surface area contributed by atoms with Crippen molar-refractivity contribution in [1.82, 2.24) is 0 Å². The standard InChI is InChI=1S/C18H23FO5/c1-21-17(20)18(11-22-12-18)9-13-5-4-6-14(16(13)19)10-24-15-7-2-3-8-23-15/h4-6,15H,2-3,7-12H2,1H3. The van der Waals surface area contributed by atoms with Gasteiger partial charge in [0.15, 0.2) is 6.29 Å². The highest BCUT2D eigenvalue weighted by atomic mass is 19.1. The van der Waals surface area contributed by atoms with Crippen molar-refractivity contribution in [2.24, 2.45) is 5.41 Å². The Labute approximate surface area is 141 Å². The molecule has 0 spiro atoms. The van der Waals surface area contributed by atoms with Crippen molar-refractivity contribution in [1.29, 1.82) is 0 Å². The molecule has 2 fully saturated rings. The van der Waals surface area contributed by atoms with Crippen molar-refractivity contribution in [3.05, 3.63) is 35.1 Å². The van der Waals surface area contributed by atoms with E-state index in [4.69, 9.17) is 18.9 Å². The minimum atomic E-state index is -0.776. The highest BCUT2D eigenvalue weighted by molar-refractivity contribution is 5.78. The molecular weight excluding hydrogens is 315 g/mol. The van der Waals surface area contributed by atoms with E-state index in [0.29, 0.717) is 17.7 Å². The summed E-state index contributed by atoms with van der Waals surface area (Å²) < 4.78 is 35.9. The van der Waals surface area contributed by atoms with E-state index < -0.39 is 5.41 Å². The van der Waals surface area contributed by atoms with Crippen LogP contribution >= 0.6 is 0 Å². The quantitative estimate of drug-likeness (QED) is 0.746. The maximum atomic E-state index is 14.8. The number of carbonyl (C=O) groups is 1. The number of halogens is 1. The largest absolute Gasteiger partial charge is 0.468 e. The Balaban J connectivity index is 1.67. The van der Waals surface area contributed by atoms with E-state index in [2.05, 4.69) is 0 Å². The first kappa shape index (κ1) is 17.3. The third kappa shape index (κ3) is 3.61. The van der Waals surface area contributed by atoms with E-state index in [9.17, 15) is 9.18 Å². The molecule has 2 aliphatic heterocycles. The van der Waals surface area contributed by atoms with Crippen LogP contribution in [-0.4, -0.2) is 39.2 Å². The zero-order chi connectivity index (χ0) is 17.0. The Morgan fingerprint density at radius 3 is 2.75 bits per heavy atom. The van der Waals surface area contributed by atoms with Crippen LogP contribution in [0.5, 0.6) is 0 Å². The Bertz CT molecular complexity index is 579. The van der Waals surface area contributed by atoms with Gasteiger partial charge in [-0.25, -0.2) is 4.39 Å². The topological polar surface area (TPSA) is 54.0 Å². The second kappa shape index (κ2) is 7.59. The fourth-order valence-corrected chi connectivity index (χ4v) is 3.13. The number of carbonyl (C=O) groups excluding carboxylic acids is 1. The normalized spacial score (nSPS) is 22.7. The number of hydrogen-bond donors (Lipinski definition) is 0. The molecule has 0 radical (unpaired) electrons. The fourth-order valence-electron chi connectivity index (χ4n) is 3.13. The summed E-state index contributed by atoms with van der Waals surface area (Å²) in [5, 5.41) is 0. The predicted octanol–water partition coefficient (Wildman–Crippen LogP) is 2.60. The van der Waals surface area contributed by atoms with Crippen molar-refractivity contribution in [2.75, 3.05) is 26.9 Å². The fraction of sp³-hybridized carbons (Fsp3) is 0.611. The predicted molar refractivity (Wildman–Crippen MR) is 83.8 cm³/mol. The van der Waals surface area contributed by atoms with Crippen LogP contribution in [0.2, 0.25) is 0 Å². The molecule has 0 aromatic heterocycles. The molecule has 2 saturated heterocycles. The molecule has 3 rings (SSSR count). The lowest BCUT2D eigenvalue weighted by Crippen LogP contribution is -2.51. The number of rotatable bonds is 6. The third-order valence-electron chi connectivity index (χ3n) is 4.63. The molecule has 1 aromatic carbocycles. The van der Waals surface area contributed by atoms with Crippen LogP contribution in [0.15, 0.2) is 18.2 Å². The first-order chi connectivity index (χ1) is 11.6. The van der Waals surface area contributed by atoms with Crippen LogP contribution < -0.4 is 0 Å². The van der Waals surface area contributed by atoms with Gasteiger partial charge in [0.1, 0.15) is 11.2 Å². The van der Waals surface area contributed by atoms with Gasteiger partial charge in [-0.05, 0) is 31.2 Å². The van der Waals surface area contributed by atoms with Gasteiger partial charge in [-0.2, -0.15) is 0 Å². The molecular formula is C18H23FO5. The van der Waals surface area contributed by atoms with Gasteiger partial charge in [0, 0.05) is 12.2 Å². The van der Waals surface area contributed by atoms with Gasteiger partial charge < -0.3 is 18.9 Å². The first-order valence-electron chi connectivity index (χ1n) is 8.30. The van der Waals surface area contributed by atoms with Gasteiger partial charge in [-0.1, -0.05) is 18.2 Å². The SMILES string of the molecule is COC(=O)C1(Cc2cccc(COC3CCCCO3)c2F)COC1. The van der Waals surface area contributed by atoms with Gasteiger partial charge in [0.25, 0.3) is 0 Å². The smallest absolute Gasteiger partial charge is 0.316 e. The molecule has 2 aliphatic rings. The molecule has 0 N–H and O–H groups in total. The van der Waals surface area contributed by atoms with Gasteiger partial charge in [0.05, 0.1) is 26.9 Å². The Hall–Kier alpha value is -1.50. The summed E-state index contributed by atoms with van der Waals surface area (Å²) in [5.74, 6) is -0.686. The number of methoxy groups -OCH3 is 1. The molecule has 5 nitrogen and oxygen atoms in total. The van der Waals surface area contributed by atoms with Crippen molar-refractivity contribution in [3.63, 3.8) is 0 Å². The number of esters is 1. The monoisotopic (exact) mass is 338 g/mol. The summed E-state index contributed by atoms with van der Waals surface area (Å²) in [6.07, 6.45) is 2.95. The number of ether oxygens (including phenoxy) is 4. The second-order valence-electron chi connectivity index (χ2n) is 6.44. The summed E-state index contributed by atoms with van der Waals surface area (Å²) in [4.78, 5) is 12.0. The molecule has 1 unspecified atom stereocenters. The Kier molecular flexibility index (Phi) is 5.48. The molecule has 0 saturated carbocycles. The lowest BCUT2D eigenvalue weighted by atomic mass is 9.79. The van der Waals surface area contributed by atoms with E-state index >= 15 is 0 Å². The Morgan fingerprint density at radius 1 is 1.33 bits per heavy atom. The molecule has 0 aliphatic carbocycles. The highest BCUT2D eigenvalue weighted by Crippen LogP contribution is 2.34. The average Bonchev–Trinajstić information content (AvgIpc) is 2.58. The van der Waals surface area contributed by atoms with Gasteiger partial charge in [-0.15, -0.1) is 0 Å². The van der Waals surface area contributed by atoms with E-state index in [1.54, 1.807) is 18.2 Å². The van der Waals surface area contributed by atoms with E-state index in [-0.39, 0.29) is 44.3 Å². The minimum absolute atomic E-state index is 0.159. The van der Waals surface area contributed by atoms with Crippen molar-refractivity contribution < 1.29 is 28.1 Å². The van der Waals surface area contributed by atoms with Crippen LogP contribution in [0.25, 0.3) is 0 Å². The van der Waals surface area contributed by atoms with Gasteiger partial charge >= 0.3 is 5.97 Å². The first-order valence-corrected chi connectivity index (χ1v) is 8.30. The summed E-state index contributed by atoms with van der Waals surface area (Å²) in [7, 11) is 1.34. The number of hydrogen-bond acceptors (Lipinski definition) is 5. The van der Waals surface area contributed by atoms with Crippen molar-refractivity contribution in [2.45, 2.75) is 38.6 Å². The van der Waals surface area contributed by atoms with Crippen molar-refractivity contribution >= 4 is 5.97 Å².